The average molecular weight is 278 g/mol. The number of carbonyl (C=O) groups excluding carboxylic acids is 1. The van der Waals surface area contributed by atoms with Gasteiger partial charge in [0.25, 0.3) is 0 Å². The van der Waals surface area contributed by atoms with Crippen LogP contribution in [-0.4, -0.2) is 24.0 Å². The van der Waals surface area contributed by atoms with Crippen molar-refractivity contribution in [2.75, 3.05) is 18.4 Å². The number of hydrogen-bond acceptors (Lipinski definition) is 1. The topological polar surface area (TPSA) is 32.3 Å². The van der Waals surface area contributed by atoms with Gasteiger partial charge in [-0.2, -0.15) is 0 Å². The minimum Gasteiger partial charge on any atom is -0.324 e. The van der Waals surface area contributed by atoms with Crippen molar-refractivity contribution in [2.45, 2.75) is 25.7 Å². The van der Waals surface area contributed by atoms with Crippen LogP contribution >= 0.6 is 0 Å². The van der Waals surface area contributed by atoms with Gasteiger partial charge in [0.2, 0.25) is 0 Å². The van der Waals surface area contributed by atoms with E-state index in [9.17, 15) is 13.6 Å². The van der Waals surface area contributed by atoms with E-state index in [4.69, 9.17) is 0 Å². The Morgan fingerprint density at radius 1 is 1.00 bits per heavy atom. The van der Waals surface area contributed by atoms with Crippen LogP contribution in [0, 0.1) is 11.6 Å². The number of urea groups is 1. The summed E-state index contributed by atoms with van der Waals surface area (Å²) in [6, 6.07) is 3.10. The molecule has 0 spiro atoms. The number of para-hydroxylation sites is 1. The molecule has 1 aromatic carbocycles. The third-order valence-corrected chi connectivity index (χ3v) is 3.85. The molecule has 2 amide bonds. The van der Waals surface area contributed by atoms with Crippen LogP contribution in [0.1, 0.15) is 25.7 Å². The molecule has 0 unspecified atom stereocenters. The molecule has 3 nitrogen and oxygen atoms in total. The largest absolute Gasteiger partial charge is 0.324 e. The lowest BCUT2D eigenvalue weighted by Gasteiger charge is -2.28. The van der Waals surface area contributed by atoms with Crippen molar-refractivity contribution in [1.29, 1.82) is 0 Å². The van der Waals surface area contributed by atoms with E-state index < -0.39 is 17.7 Å². The molecule has 20 heavy (non-hydrogen) atoms. The van der Waals surface area contributed by atoms with E-state index in [-0.39, 0.29) is 5.69 Å². The highest BCUT2D eigenvalue weighted by Gasteiger charge is 2.25. The Morgan fingerprint density at radius 2 is 1.55 bits per heavy atom. The Hall–Kier alpha value is -1.91. The van der Waals surface area contributed by atoms with Crippen molar-refractivity contribution < 1.29 is 13.6 Å². The summed E-state index contributed by atoms with van der Waals surface area (Å²) >= 11 is 0. The summed E-state index contributed by atoms with van der Waals surface area (Å²) < 4.78 is 26.9. The van der Waals surface area contributed by atoms with E-state index in [0.29, 0.717) is 13.1 Å². The Bertz CT molecular complexity index is 547. The van der Waals surface area contributed by atoms with Crippen LogP contribution in [0.15, 0.2) is 29.3 Å². The van der Waals surface area contributed by atoms with Gasteiger partial charge in [-0.25, -0.2) is 13.6 Å². The van der Waals surface area contributed by atoms with Crippen molar-refractivity contribution in [2.24, 2.45) is 0 Å². The van der Waals surface area contributed by atoms with Gasteiger partial charge in [-0.15, -0.1) is 0 Å². The first kappa shape index (κ1) is 13.1. The normalized spacial score (nSPS) is 18.2. The van der Waals surface area contributed by atoms with Gasteiger partial charge in [-0.3, -0.25) is 0 Å². The molecule has 0 atom stereocenters. The van der Waals surface area contributed by atoms with Crippen molar-refractivity contribution in [3.63, 3.8) is 0 Å². The Balaban J connectivity index is 1.64. The molecule has 1 aromatic rings. The second-order valence-corrected chi connectivity index (χ2v) is 5.22. The Kier molecular flexibility index (Phi) is 3.42. The van der Waals surface area contributed by atoms with Crippen LogP contribution in [0.5, 0.6) is 0 Å². The second kappa shape index (κ2) is 5.23. The molecule has 5 heteroatoms. The highest BCUT2D eigenvalue weighted by molar-refractivity contribution is 5.89. The first-order valence-electron chi connectivity index (χ1n) is 6.85. The van der Waals surface area contributed by atoms with E-state index in [0.717, 1.165) is 25.0 Å². The summed E-state index contributed by atoms with van der Waals surface area (Å²) in [5, 5.41) is 2.33. The smallest absolute Gasteiger partial charge is 0.322 e. The molecule has 1 saturated heterocycles. The van der Waals surface area contributed by atoms with E-state index in [1.807, 2.05) is 0 Å². The molecule has 0 bridgehead atoms. The van der Waals surface area contributed by atoms with Crippen molar-refractivity contribution in [3.8, 4) is 0 Å². The van der Waals surface area contributed by atoms with Crippen LogP contribution in [0.4, 0.5) is 19.3 Å². The second-order valence-electron chi connectivity index (χ2n) is 5.22. The van der Waals surface area contributed by atoms with Crippen molar-refractivity contribution in [3.05, 3.63) is 41.0 Å². The molecule has 1 aliphatic carbocycles. The zero-order valence-electron chi connectivity index (χ0n) is 11.1. The first-order valence-corrected chi connectivity index (χ1v) is 6.85. The number of amides is 2. The lowest BCUT2D eigenvalue weighted by Crippen LogP contribution is -2.39. The molecule has 2 fully saturated rings. The third-order valence-electron chi connectivity index (χ3n) is 3.85. The van der Waals surface area contributed by atoms with E-state index in [1.54, 1.807) is 4.90 Å². The summed E-state index contributed by atoms with van der Waals surface area (Å²) in [6.07, 6.45) is 4.15. The number of nitrogens with one attached hydrogen (secondary N) is 1. The summed E-state index contributed by atoms with van der Waals surface area (Å²) in [5.41, 5.74) is 2.63. The molecular weight excluding hydrogens is 262 g/mol. The zero-order chi connectivity index (χ0) is 14.1. The van der Waals surface area contributed by atoms with Gasteiger partial charge >= 0.3 is 6.03 Å². The maximum absolute atomic E-state index is 13.5. The summed E-state index contributed by atoms with van der Waals surface area (Å²) in [7, 11) is 0. The minimum absolute atomic E-state index is 0.371. The van der Waals surface area contributed by atoms with Gasteiger partial charge in [0, 0.05) is 13.1 Å². The monoisotopic (exact) mass is 278 g/mol. The number of halogens is 2. The molecule has 106 valence electrons. The molecule has 2 aliphatic rings. The van der Waals surface area contributed by atoms with Crippen molar-refractivity contribution in [1.82, 2.24) is 4.90 Å². The number of anilines is 1. The van der Waals surface area contributed by atoms with Crippen LogP contribution in [0.2, 0.25) is 0 Å². The fourth-order valence-electron chi connectivity index (χ4n) is 2.55. The summed E-state index contributed by atoms with van der Waals surface area (Å²) in [4.78, 5) is 13.6. The zero-order valence-corrected chi connectivity index (χ0v) is 11.1. The number of allylic oxidation sites excluding steroid dienone is 1. The fourth-order valence-corrected chi connectivity index (χ4v) is 2.55. The average Bonchev–Trinajstić information content (AvgIpc) is 3.28. The SMILES string of the molecule is O=C(Nc1c(F)cccc1F)N1CCC(=C2CC2)CC1. The maximum atomic E-state index is 13.5. The Morgan fingerprint density at radius 3 is 2.10 bits per heavy atom. The Labute approximate surface area is 116 Å². The third kappa shape index (κ3) is 2.66. The van der Waals surface area contributed by atoms with E-state index in [2.05, 4.69) is 5.32 Å². The number of rotatable bonds is 1. The van der Waals surface area contributed by atoms with Gasteiger partial charge < -0.3 is 10.2 Å². The van der Waals surface area contributed by atoms with Gasteiger partial charge in [-0.05, 0) is 37.8 Å². The molecule has 1 saturated carbocycles. The maximum Gasteiger partial charge on any atom is 0.322 e. The molecule has 3 rings (SSSR count). The van der Waals surface area contributed by atoms with Gasteiger partial charge in [0.05, 0.1) is 0 Å². The van der Waals surface area contributed by atoms with Crippen LogP contribution in [0.25, 0.3) is 0 Å². The lowest BCUT2D eigenvalue weighted by molar-refractivity contribution is 0.207. The van der Waals surface area contributed by atoms with E-state index in [1.165, 1.54) is 30.1 Å². The van der Waals surface area contributed by atoms with Crippen LogP contribution in [-0.2, 0) is 0 Å². The summed E-state index contributed by atoms with van der Waals surface area (Å²) in [6.45, 7) is 1.22. The lowest BCUT2D eigenvalue weighted by atomic mass is 10.0. The highest BCUT2D eigenvalue weighted by Crippen LogP contribution is 2.36. The number of nitrogens with zero attached hydrogens (tertiary/aromatic N) is 1. The van der Waals surface area contributed by atoms with Gasteiger partial charge in [0.1, 0.15) is 17.3 Å². The predicted octanol–water partition coefficient (Wildman–Crippen LogP) is 3.68. The number of benzene rings is 1. The molecule has 1 aliphatic heterocycles. The molecule has 0 radical (unpaired) electrons. The number of hydrogen-bond donors (Lipinski definition) is 1. The number of carbonyl (C=O) groups is 1. The fraction of sp³-hybridized carbons (Fsp3) is 0.400. The minimum atomic E-state index is -0.754. The van der Waals surface area contributed by atoms with Crippen molar-refractivity contribution >= 4 is 11.7 Å². The molecule has 1 N–H and O–H groups in total. The molecule has 0 aromatic heterocycles. The first-order chi connectivity index (χ1) is 9.65. The van der Waals surface area contributed by atoms with Crippen LogP contribution < -0.4 is 5.32 Å². The number of likely N-dealkylation sites (tertiary alicyclic amines) is 1. The highest BCUT2D eigenvalue weighted by atomic mass is 19.1. The standard InChI is InChI=1S/C15H16F2N2O/c16-12-2-1-3-13(17)14(12)18-15(20)19-8-6-11(7-9-19)10-4-5-10/h1-3H,4-9H2,(H,18,20). The van der Waals surface area contributed by atoms with Crippen LogP contribution in [0.3, 0.4) is 0 Å². The van der Waals surface area contributed by atoms with E-state index >= 15 is 0 Å². The predicted molar refractivity (Wildman–Crippen MR) is 72.4 cm³/mol. The molecule has 1 heterocycles. The molecular formula is C15H16F2N2O. The summed E-state index contributed by atoms with van der Waals surface area (Å²) in [5.74, 6) is -1.51. The van der Waals surface area contributed by atoms with Gasteiger partial charge in [-0.1, -0.05) is 17.2 Å². The quantitative estimate of drug-likeness (QED) is 0.781. The number of piperidine rings is 1. The van der Waals surface area contributed by atoms with Gasteiger partial charge in [0.15, 0.2) is 0 Å².